The quantitative estimate of drug-likeness (QED) is 0.0938. The van der Waals surface area contributed by atoms with E-state index in [2.05, 4.69) is 41.9 Å². The summed E-state index contributed by atoms with van der Waals surface area (Å²) in [6, 6.07) is 0. The number of allylic oxidation sites excluding steroid dienone is 2. The van der Waals surface area contributed by atoms with E-state index in [1.54, 1.807) is 0 Å². The minimum atomic E-state index is -0.323. The average molecular weight is 476 g/mol. The minimum Gasteiger partial charge on any atom is -0.393 e. The van der Waals surface area contributed by atoms with Crippen LogP contribution in [0.15, 0.2) is 12.2 Å². The van der Waals surface area contributed by atoms with Crippen molar-refractivity contribution in [1.82, 2.24) is 0 Å². The van der Waals surface area contributed by atoms with Crippen molar-refractivity contribution in [2.45, 2.75) is 142 Å². The Morgan fingerprint density at radius 1 is 0.586 bits per heavy atom. The van der Waals surface area contributed by atoms with Crippen LogP contribution in [0.5, 0.6) is 0 Å². The van der Waals surface area contributed by atoms with Crippen LogP contribution in [0.2, 0.25) is 0 Å². The van der Waals surface area contributed by atoms with E-state index in [1.165, 1.54) is 70.6 Å². The van der Waals surface area contributed by atoms with Crippen molar-refractivity contribution in [1.29, 1.82) is 0 Å². The highest BCUT2D eigenvalue weighted by molar-refractivity contribution is 9.09. The maximum atomic E-state index is 10.7. The highest BCUT2D eigenvalue weighted by Crippen LogP contribution is 2.25. The Hall–Kier alpha value is 0.140. The van der Waals surface area contributed by atoms with Gasteiger partial charge >= 0.3 is 0 Å². The Labute approximate surface area is 191 Å². The van der Waals surface area contributed by atoms with E-state index in [0.717, 1.165) is 50.3 Å². The molecule has 29 heavy (non-hydrogen) atoms. The van der Waals surface area contributed by atoms with Crippen LogP contribution in [-0.2, 0) is 0 Å². The molecule has 0 heterocycles. The van der Waals surface area contributed by atoms with E-state index in [-0.39, 0.29) is 18.1 Å². The van der Waals surface area contributed by atoms with E-state index < -0.39 is 0 Å². The number of alkyl halides is 1. The zero-order valence-electron chi connectivity index (χ0n) is 19.6. The first-order valence-corrected chi connectivity index (χ1v) is 13.9. The van der Waals surface area contributed by atoms with Crippen LogP contribution in [0.1, 0.15) is 129 Å². The third-order valence-corrected chi connectivity index (χ3v) is 6.50. The Morgan fingerprint density at radius 2 is 1.03 bits per heavy atom. The molecule has 0 saturated heterocycles. The van der Waals surface area contributed by atoms with Crippen LogP contribution < -0.4 is 0 Å². The number of halogens is 1. The lowest BCUT2D eigenvalue weighted by Gasteiger charge is -2.28. The van der Waals surface area contributed by atoms with E-state index in [0.29, 0.717) is 0 Å². The van der Waals surface area contributed by atoms with Crippen LogP contribution >= 0.6 is 15.9 Å². The number of hydrogen-bond donors (Lipinski definition) is 2. The van der Waals surface area contributed by atoms with Crippen molar-refractivity contribution < 1.29 is 10.2 Å². The van der Waals surface area contributed by atoms with Gasteiger partial charge in [0.2, 0.25) is 0 Å². The molecule has 2 nitrogen and oxygen atoms in total. The van der Waals surface area contributed by atoms with Crippen LogP contribution in [0.3, 0.4) is 0 Å². The number of hydrogen-bond acceptors (Lipinski definition) is 2. The van der Waals surface area contributed by atoms with Crippen molar-refractivity contribution in [2.24, 2.45) is 5.92 Å². The van der Waals surface area contributed by atoms with Crippen molar-refractivity contribution in [3.05, 3.63) is 12.2 Å². The van der Waals surface area contributed by atoms with Crippen molar-refractivity contribution in [3.63, 3.8) is 0 Å². The second kappa shape index (κ2) is 22.8. The lowest BCUT2D eigenvalue weighted by atomic mass is 9.85. The summed E-state index contributed by atoms with van der Waals surface area (Å²) in [7, 11) is 0. The molecule has 0 saturated carbocycles. The van der Waals surface area contributed by atoms with Crippen LogP contribution in [0, 0.1) is 5.92 Å². The normalized spacial score (nSPS) is 15.1. The second-order valence-corrected chi connectivity index (χ2v) is 9.58. The predicted molar refractivity (Wildman–Crippen MR) is 133 cm³/mol. The summed E-state index contributed by atoms with van der Waals surface area (Å²) in [4.78, 5) is 0. The molecule has 0 aliphatic rings. The molecule has 0 spiro atoms. The molecule has 2 atom stereocenters. The van der Waals surface area contributed by atoms with Crippen LogP contribution in [0.4, 0.5) is 0 Å². The molecule has 0 aliphatic heterocycles. The number of aliphatic hydroxyl groups excluding tert-OH is 2. The summed E-state index contributed by atoms with van der Waals surface area (Å²) >= 11 is 3.45. The lowest BCUT2D eigenvalue weighted by Crippen LogP contribution is -2.32. The molecule has 2 unspecified atom stereocenters. The Kier molecular flexibility index (Phi) is 22.9. The van der Waals surface area contributed by atoms with Gasteiger partial charge in [-0.25, -0.2) is 0 Å². The van der Waals surface area contributed by atoms with Gasteiger partial charge in [0, 0.05) is 11.2 Å². The zero-order valence-corrected chi connectivity index (χ0v) is 21.2. The molecular formula is C26H51BrO2. The lowest BCUT2D eigenvalue weighted by molar-refractivity contribution is -0.00316. The summed E-state index contributed by atoms with van der Waals surface area (Å²) in [5.74, 6) is 0.0787. The predicted octanol–water partition coefficient (Wildman–Crippen LogP) is 8.34. The first-order chi connectivity index (χ1) is 14.2. The van der Waals surface area contributed by atoms with Crippen molar-refractivity contribution >= 4 is 15.9 Å². The van der Waals surface area contributed by atoms with E-state index >= 15 is 0 Å². The minimum absolute atomic E-state index is 0.0787. The van der Waals surface area contributed by atoms with E-state index in [1.807, 2.05) is 0 Å². The fourth-order valence-electron chi connectivity index (χ4n) is 4.10. The van der Waals surface area contributed by atoms with Gasteiger partial charge in [-0.1, -0.05) is 119 Å². The van der Waals surface area contributed by atoms with Gasteiger partial charge in [-0.2, -0.15) is 0 Å². The summed E-state index contributed by atoms with van der Waals surface area (Å²) in [6.07, 6.45) is 24.9. The van der Waals surface area contributed by atoms with Gasteiger partial charge in [0.15, 0.2) is 0 Å². The molecule has 0 aromatic rings. The van der Waals surface area contributed by atoms with Crippen molar-refractivity contribution in [3.8, 4) is 0 Å². The molecule has 0 aromatic heterocycles. The average Bonchev–Trinajstić information content (AvgIpc) is 2.71. The Bertz CT molecular complexity index is 330. The summed E-state index contributed by atoms with van der Waals surface area (Å²) in [6.45, 7) is 4.40. The summed E-state index contributed by atoms with van der Waals surface area (Å²) in [5, 5.41) is 22.4. The fourth-order valence-corrected chi connectivity index (χ4v) is 4.37. The first kappa shape index (κ1) is 29.1. The Balaban J connectivity index is 3.96. The largest absolute Gasteiger partial charge is 0.393 e. The maximum absolute atomic E-state index is 10.7. The number of unbranched alkanes of at least 4 members (excludes halogenated alkanes) is 11. The van der Waals surface area contributed by atoms with Gasteiger partial charge in [-0.3, -0.25) is 0 Å². The van der Waals surface area contributed by atoms with Gasteiger partial charge in [0.25, 0.3) is 0 Å². The first-order valence-electron chi connectivity index (χ1n) is 12.7. The monoisotopic (exact) mass is 474 g/mol. The summed E-state index contributed by atoms with van der Waals surface area (Å²) < 4.78 is 0. The molecule has 0 aromatic carbocycles. The van der Waals surface area contributed by atoms with E-state index in [9.17, 15) is 10.2 Å². The SMILES string of the molecule is CCCCCC(O)C(CCCCCCCCC/C=C/CCBr)C(O)CCCCC. The highest BCUT2D eigenvalue weighted by atomic mass is 79.9. The van der Waals surface area contributed by atoms with Crippen LogP contribution in [-0.4, -0.2) is 27.8 Å². The standard InChI is InChI=1S/C26H51BrO2/c1-3-5-16-21-25(28)24(26(29)22-17-6-4-2)20-18-14-12-10-8-7-9-11-13-15-19-23-27/h13,15,24-26,28-29H,3-12,14,16-23H2,1-2H3/b15-13+. The van der Waals surface area contributed by atoms with Gasteiger partial charge in [0.1, 0.15) is 0 Å². The molecule has 0 fully saturated rings. The Morgan fingerprint density at radius 3 is 1.55 bits per heavy atom. The maximum Gasteiger partial charge on any atom is 0.0593 e. The fraction of sp³-hybridized carbons (Fsp3) is 0.923. The number of rotatable bonds is 22. The molecule has 2 N–H and O–H groups in total. The van der Waals surface area contributed by atoms with Gasteiger partial charge < -0.3 is 10.2 Å². The smallest absolute Gasteiger partial charge is 0.0593 e. The molecule has 0 amide bonds. The van der Waals surface area contributed by atoms with Crippen LogP contribution in [0.25, 0.3) is 0 Å². The topological polar surface area (TPSA) is 40.5 Å². The number of aliphatic hydroxyl groups is 2. The molecule has 0 aliphatic carbocycles. The highest BCUT2D eigenvalue weighted by Gasteiger charge is 2.25. The third-order valence-electron chi connectivity index (χ3n) is 6.05. The molecular weight excluding hydrogens is 424 g/mol. The molecule has 0 bridgehead atoms. The molecule has 3 heteroatoms. The second-order valence-electron chi connectivity index (χ2n) is 8.79. The van der Waals surface area contributed by atoms with E-state index in [4.69, 9.17) is 0 Å². The van der Waals surface area contributed by atoms with Gasteiger partial charge in [0.05, 0.1) is 12.2 Å². The van der Waals surface area contributed by atoms with Gasteiger partial charge in [-0.15, -0.1) is 0 Å². The molecule has 174 valence electrons. The molecule has 0 rings (SSSR count). The molecule has 0 radical (unpaired) electrons. The van der Waals surface area contributed by atoms with Crippen molar-refractivity contribution in [2.75, 3.05) is 5.33 Å². The van der Waals surface area contributed by atoms with Gasteiger partial charge in [-0.05, 0) is 38.5 Å². The summed E-state index contributed by atoms with van der Waals surface area (Å²) in [5.41, 5.74) is 0. The zero-order chi connectivity index (χ0) is 21.6. The third kappa shape index (κ3) is 18.6.